The van der Waals surface area contributed by atoms with Gasteiger partial charge in [-0.05, 0) is 28.8 Å². The van der Waals surface area contributed by atoms with E-state index in [0.29, 0.717) is 27.9 Å². The Morgan fingerprint density at radius 1 is 1.09 bits per heavy atom. The van der Waals surface area contributed by atoms with Crippen molar-refractivity contribution < 1.29 is 14.6 Å². The molecule has 0 heterocycles. The molecular formula is C19H28O3Si. The van der Waals surface area contributed by atoms with Crippen LogP contribution in [0.3, 0.4) is 0 Å². The van der Waals surface area contributed by atoms with E-state index in [2.05, 4.69) is 53.0 Å². The maximum absolute atomic E-state index is 11.6. The number of carboxylic acids is 1. The molecule has 1 aromatic carbocycles. The van der Waals surface area contributed by atoms with E-state index in [1.165, 1.54) is 7.11 Å². The number of carbonyl (C=O) groups is 1. The third-order valence-electron chi connectivity index (χ3n) is 4.74. The van der Waals surface area contributed by atoms with Gasteiger partial charge in [-0.2, -0.15) is 0 Å². The summed E-state index contributed by atoms with van der Waals surface area (Å²) < 4.78 is 5.18. The molecule has 0 saturated heterocycles. The Hall–Kier alpha value is -1.73. The Kier molecular flexibility index (Phi) is 6.46. The lowest BCUT2D eigenvalue weighted by Gasteiger charge is -2.38. The minimum atomic E-state index is -1.89. The van der Waals surface area contributed by atoms with Gasteiger partial charge in [0.25, 0.3) is 0 Å². The third kappa shape index (κ3) is 3.79. The number of aromatic carboxylic acids is 1. The highest BCUT2D eigenvalue weighted by atomic mass is 28.3. The summed E-state index contributed by atoms with van der Waals surface area (Å²) in [5, 5.41) is 9.50. The van der Waals surface area contributed by atoms with E-state index in [0.717, 1.165) is 0 Å². The van der Waals surface area contributed by atoms with Gasteiger partial charge in [0.05, 0.1) is 7.11 Å². The van der Waals surface area contributed by atoms with Gasteiger partial charge in [0.2, 0.25) is 0 Å². The van der Waals surface area contributed by atoms with Crippen LogP contribution in [0.15, 0.2) is 18.2 Å². The number of benzene rings is 1. The van der Waals surface area contributed by atoms with E-state index >= 15 is 0 Å². The number of carboxylic acid groups (broad SMARTS) is 1. The first kappa shape index (κ1) is 19.3. The van der Waals surface area contributed by atoms with Crippen molar-refractivity contribution in [1.29, 1.82) is 0 Å². The summed E-state index contributed by atoms with van der Waals surface area (Å²) in [6.45, 7) is 13.4. The fraction of sp³-hybridized carbons (Fsp3) is 0.526. The first-order valence-corrected chi connectivity index (χ1v) is 10.3. The van der Waals surface area contributed by atoms with Crippen molar-refractivity contribution in [3.8, 4) is 17.2 Å². The molecule has 0 bridgehead atoms. The first-order valence-electron chi connectivity index (χ1n) is 8.11. The predicted octanol–water partition coefficient (Wildman–Crippen LogP) is 4.96. The minimum Gasteiger partial charge on any atom is -0.496 e. The van der Waals surface area contributed by atoms with Crippen LogP contribution in [0.1, 0.15) is 57.5 Å². The van der Waals surface area contributed by atoms with Gasteiger partial charge in [-0.15, -0.1) is 5.54 Å². The molecule has 0 unspecified atom stereocenters. The van der Waals surface area contributed by atoms with Gasteiger partial charge in [-0.3, -0.25) is 0 Å². The molecule has 126 valence electrons. The lowest BCUT2D eigenvalue weighted by atomic mass is 10.1. The molecule has 0 aliphatic rings. The highest BCUT2D eigenvalue weighted by molar-refractivity contribution is 6.90. The highest BCUT2D eigenvalue weighted by Crippen LogP contribution is 2.40. The zero-order chi connectivity index (χ0) is 17.8. The van der Waals surface area contributed by atoms with Gasteiger partial charge in [0.1, 0.15) is 19.4 Å². The van der Waals surface area contributed by atoms with Gasteiger partial charge >= 0.3 is 5.97 Å². The van der Waals surface area contributed by atoms with Gasteiger partial charge in [0.15, 0.2) is 0 Å². The lowest BCUT2D eigenvalue weighted by Crippen LogP contribution is -2.43. The van der Waals surface area contributed by atoms with E-state index in [1.54, 1.807) is 18.2 Å². The van der Waals surface area contributed by atoms with Crippen molar-refractivity contribution in [2.45, 2.75) is 58.2 Å². The number of hydrogen-bond acceptors (Lipinski definition) is 2. The number of ether oxygens (including phenoxy) is 1. The summed E-state index contributed by atoms with van der Waals surface area (Å²) in [6.07, 6.45) is 0. The Bertz CT molecular complexity index is 599. The van der Waals surface area contributed by atoms with Crippen molar-refractivity contribution in [2.24, 2.45) is 0 Å². The molecule has 1 aromatic rings. The zero-order valence-corrected chi connectivity index (χ0v) is 16.2. The summed E-state index contributed by atoms with van der Waals surface area (Å²) in [6, 6.07) is 5.21. The molecule has 0 saturated carbocycles. The molecule has 0 spiro atoms. The summed E-state index contributed by atoms with van der Waals surface area (Å²) in [4.78, 5) is 11.6. The van der Waals surface area contributed by atoms with Crippen molar-refractivity contribution in [2.75, 3.05) is 7.11 Å². The standard InChI is InChI=1S/C19H28O3Si/c1-13(2)23(14(3)4,15(5)6)12-11-16-9-8-10-17(22-7)18(16)19(20)21/h8-10,13-15H,1-7H3,(H,20,21). The molecule has 0 aliphatic carbocycles. The van der Waals surface area contributed by atoms with E-state index in [1.807, 2.05) is 0 Å². The fourth-order valence-corrected chi connectivity index (χ4v) is 8.85. The Labute approximate surface area is 141 Å². The number of methoxy groups -OCH3 is 1. The molecule has 4 heteroatoms. The zero-order valence-electron chi connectivity index (χ0n) is 15.2. The lowest BCUT2D eigenvalue weighted by molar-refractivity contribution is 0.0693. The van der Waals surface area contributed by atoms with Crippen LogP contribution in [0.2, 0.25) is 16.6 Å². The van der Waals surface area contributed by atoms with Crippen LogP contribution in [0.4, 0.5) is 0 Å². The third-order valence-corrected chi connectivity index (χ3v) is 11.0. The summed E-state index contributed by atoms with van der Waals surface area (Å²) in [5.74, 6) is 2.56. The second-order valence-corrected chi connectivity index (χ2v) is 12.4. The largest absolute Gasteiger partial charge is 0.496 e. The molecule has 3 nitrogen and oxygen atoms in total. The van der Waals surface area contributed by atoms with Crippen molar-refractivity contribution in [1.82, 2.24) is 0 Å². The summed E-state index contributed by atoms with van der Waals surface area (Å²) in [7, 11) is -0.410. The predicted molar refractivity (Wildman–Crippen MR) is 97.9 cm³/mol. The maximum atomic E-state index is 11.6. The van der Waals surface area contributed by atoms with Crippen LogP contribution in [-0.4, -0.2) is 26.3 Å². The molecule has 0 fully saturated rings. The molecule has 0 amide bonds. The second-order valence-electron chi connectivity index (χ2n) is 6.84. The summed E-state index contributed by atoms with van der Waals surface area (Å²) in [5.41, 5.74) is 5.78. The molecule has 1 rings (SSSR count). The molecule has 0 radical (unpaired) electrons. The topological polar surface area (TPSA) is 46.5 Å². The maximum Gasteiger partial charge on any atom is 0.340 e. The van der Waals surface area contributed by atoms with Crippen LogP contribution in [-0.2, 0) is 0 Å². The van der Waals surface area contributed by atoms with Gasteiger partial charge in [0, 0.05) is 5.56 Å². The molecular weight excluding hydrogens is 304 g/mol. The van der Waals surface area contributed by atoms with Gasteiger partial charge in [-0.1, -0.05) is 53.5 Å². The number of hydrogen-bond donors (Lipinski definition) is 1. The first-order chi connectivity index (χ1) is 10.7. The van der Waals surface area contributed by atoms with Crippen molar-refractivity contribution in [3.63, 3.8) is 0 Å². The van der Waals surface area contributed by atoms with E-state index in [9.17, 15) is 9.90 Å². The van der Waals surface area contributed by atoms with Crippen molar-refractivity contribution >= 4 is 14.0 Å². The second kappa shape index (κ2) is 7.70. The molecule has 0 aromatic heterocycles. The quantitative estimate of drug-likeness (QED) is 0.612. The molecule has 0 atom stereocenters. The Morgan fingerprint density at radius 2 is 1.61 bits per heavy atom. The van der Waals surface area contributed by atoms with Crippen LogP contribution < -0.4 is 4.74 Å². The molecule has 1 N–H and O–H groups in total. The molecule has 23 heavy (non-hydrogen) atoms. The van der Waals surface area contributed by atoms with E-state index < -0.39 is 14.0 Å². The monoisotopic (exact) mass is 332 g/mol. The molecule has 0 aliphatic heterocycles. The van der Waals surface area contributed by atoms with Crippen LogP contribution >= 0.6 is 0 Å². The summed E-state index contributed by atoms with van der Waals surface area (Å²) >= 11 is 0. The Morgan fingerprint density at radius 3 is 2.00 bits per heavy atom. The van der Waals surface area contributed by atoms with Crippen LogP contribution in [0.25, 0.3) is 0 Å². The number of rotatable bonds is 5. The average Bonchev–Trinajstić information content (AvgIpc) is 2.45. The highest BCUT2D eigenvalue weighted by Gasteiger charge is 2.41. The smallest absolute Gasteiger partial charge is 0.340 e. The van der Waals surface area contributed by atoms with Gasteiger partial charge in [-0.25, -0.2) is 4.79 Å². The minimum absolute atomic E-state index is 0.154. The van der Waals surface area contributed by atoms with E-state index in [-0.39, 0.29) is 5.56 Å². The normalized spacial score (nSPS) is 11.6. The average molecular weight is 333 g/mol. The SMILES string of the molecule is COc1cccc(C#C[Si](C(C)C)(C(C)C)C(C)C)c1C(=O)O. The fourth-order valence-electron chi connectivity index (χ4n) is 3.63. The van der Waals surface area contributed by atoms with E-state index in [4.69, 9.17) is 4.74 Å². The van der Waals surface area contributed by atoms with Crippen LogP contribution in [0, 0.1) is 11.5 Å². The van der Waals surface area contributed by atoms with Crippen molar-refractivity contribution in [3.05, 3.63) is 29.3 Å². The van der Waals surface area contributed by atoms with Gasteiger partial charge < -0.3 is 9.84 Å². The Balaban J connectivity index is 3.53. The van der Waals surface area contributed by atoms with Crippen LogP contribution in [0.5, 0.6) is 5.75 Å².